The first-order valence-corrected chi connectivity index (χ1v) is 9.53. The predicted octanol–water partition coefficient (Wildman–Crippen LogP) is 0.888. The van der Waals surface area contributed by atoms with Crippen LogP contribution in [-0.2, 0) is 43.4 Å². The van der Waals surface area contributed by atoms with Crippen molar-refractivity contribution >= 4 is 29.2 Å². The molecule has 1 aromatic heterocycles. The fourth-order valence-corrected chi connectivity index (χ4v) is 3.86. The number of ether oxygens (including phenoxy) is 2. The molecule has 0 saturated carbocycles. The van der Waals surface area contributed by atoms with E-state index < -0.39 is 30.5 Å². The molecule has 0 radical (unpaired) electrons. The van der Waals surface area contributed by atoms with Crippen molar-refractivity contribution in [1.82, 2.24) is 9.47 Å². The van der Waals surface area contributed by atoms with E-state index in [1.165, 1.54) is 16.6 Å². The number of carbonyl (C=O) groups is 3. The van der Waals surface area contributed by atoms with E-state index in [2.05, 4.69) is 0 Å². The molecule has 1 amide bonds. The number of esters is 2. The molecule has 148 valence electrons. The predicted molar refractivity (Wildman–Crippen MR) is 101 cm³/mol. The highest BCUT2D eigenvalue weighted by atomic mass is 32.1. The van der Waals surface area contributed by atoms with E-state index in [1.54, 1.807) is 12.3 Å². The zero-order valence-electron chi connectivity index (χ0n) is 15.5. The molecule has 1 atom stereocenters. The van der Waals surface area contributed by atoms with Gasteiger partial charge in [0.15, 0.2) is 6.61 Å². The Hall–Kier alpha value is -2.94. The monoisotopic (exact) mass is 404 g/mol. The average molecular weight is 404 g/mol. The Bertz CT molecular complexity index is 963. The van der Waals surface area contributed by atoms with Gasteiger partial charge < -0.3 is 14.4 Å². The highest BCUT2D eigenvalue weighted by Gasteiger charge is 2.35. The zero-order chi connectivity index (χ0) is 20.3. The molecule has 0 fully saturated rings. The van der Waals surface area contributed by atoms with Gasteiger partial charge in [0, 0.05) is 24.0 Å². The second-order valence-corrected chi connectivity index (χ2v) is 7.24. The van der Waals surface area contributed by atoms with Gasteiger partial charge in [0.1, 0.15) is 12.6 Å². The minimum absolute atomic E-state index is 0.232. The molecule has 2 aromatic rings. The molecule has 1 aromatic carbocycles. The Labute approximate surface area is 165 Å². The minimum Gasteiger partial charge on any atom is -0.467 e. The number of nitrogens with zero attached hydrogens (tertiary/aromatic N) is 2. The molecule has 0 unspecified atom stereocenters. The van der Waals surface area contributed by atoms with Gasteiger partial charge >= 0.3 is 16.8 Å². The second kappa shape index (κ2) is 8.39. The summed E-state index contributed by atoms with van der Waals surface area (Å²) in [6, 6.07) is 6.77. The van der Waals surface area contributed by atoms with E-state index in [9.17, 15) is 19.2 Å². The Balaban J connectivity index is 1.67. The maximum Gasteiger partial charge on any atom is 0.328 e. The first-order chi connectivity index (χ1) is 13.4. The summed E-state index contributed by atoms with van der Waals surface area (Å²) >= 11 is 0.993. The van der Waals surface area contributed by atoms with Crippen LogP contribution in [0.15, 0.2) is 34.4 Å². The van der Waals surface area contributed by atoms with Crippen LogP contribution in [0.4, 0.5) is 0 Å². The summed E-state index contributed by atoms with van der Waals surface area (Å²) in [7, 11) is 1.27. The van der Waals surface area contributed by atoms with Gasteiger partial charge in [-0.2, -0.15) is 0 Å². The molecule has 8 nitrogen and oxygen atoms in total. The van der Waals surface area contributed by atoms with Crippen molar-refractivity contribution < 1.29 is 23.9 Å². The molecule has 0 aliphatic carbocycles. The standard InChI is InChI=1S/C19H20N2O6S/c1-12-11-28-19(25)20(12)9-17(23)27-10-16(22)21-8-14-6-4-3-5-13(14)7-15(21)18(24)26-2/h3-6,11,15H,7-10H2,1-2H3/t15-/m1/s1. The Morgan fingerprint density at radius 2 is 1.93 bits per heavy atom. The number of thiazole rings is 1. The molecular formula is C19H20N2O6S. The zero-order valence-corrected chi connectivity index (χ0v) is 16.4. The second-order valence-electron chi connectivity index (χ2n) is 6.42. The van der Waals surface area contributed by atoms with Gasteiger partial charge in [0.05, 0.1) is 7.11 Å². The first kappa shape index (κ1) is 19.8. The smallest absolute Gasteiger partial charge is 0.328 e. The molecule has 1 aliphatic rings. The first-order valence-electron chi connectivity index (χ1n) is 8.65. The normalized spacial score (nSPS) is 15.6. The maximum absolute atomic E-state index is 12.7. The molecular weight excluding hydrogens is 384 g/mol. The van der Waals surface area contributed by atoms with Crippen molar-refractivity contribution in [2.24, 2.45) is 0 Å². The molecule has 3 rings (SSSR count). The molecule has 9 heteroatoms. The van der Waals surface area contributed by atoms with E-state index in [0.717, 1.165) is 22.5 Å². The van der Waals surface area contributed by atoms with E-state index in [4.69, 9.17) is 9.47 Å². The summed E-state index contributed by atoms with van der Waals surface area (Å²) in [4.78, 5) is 49.6. The SMILES string of the molecule is COC(=O)[C@H]1Cc2ccccc2CN1C(=O)COC(=O)Cn1c(C)csc1=O. The fourth-order valence-electron chi connectivity index (χ4n) is 3.13. The summed E-state index contributed by atoms with van der Waals surface area (Å²) in [5, 5.41) is 1.65. The van der Waals surface area contributed by atoms with E-state index in [1.807, 2.05) is 24.3 Å². The van der Waals surface area contributed by atoms with Crippen LogP contribution in [0.1, 0.15) is 16.8 Å². The summed E-state index contributed by atoms with van der Waals surface area (Å²) in [6.45, 7) is 1.18. The van der Waals surface area contributed by atoms with Crippen molar-refractivity contribution in [1.29, 1.82) is 0 Å². The van der Waals surface area contributed by atoms with E-state index in [-0.39, 0.29) is 18.0 Å². The van der Waals surface area contributed by atoms with Crippen LogP contribution < -0.4 is 4.87 Å². The number of rotatable bonds is 5. The molecule has 2 heterocycles. The summed E-state index contributed by atoms with van der Waals surface area (Å²) in [5.41, 5.74) is 2.56. The van der Waals surface area contributed by atoms with Gasteiger partial charge in [0.2, 0.25) is 0 Å². The van der Waals surface area contributed by atoms with Crippen LogP contribution in [0.3, 0.4) is 0 Å². The fraction of sp³-hybridized carbons (Fsp3) is 0.368. The van der Waals surface area contributed by atoms with Crippen molar-refractivity contribution in [3.63, 3.8) is 0 Å². The Kier molecular flexibility index (Phi) is 5.93. The number of aryl methyl sites for hydroxylation is 1. The van der Waals surface area contributed by atoms with Crippen molar-refractivity contribution in [2.75, 3.05) is 13.7 Å². The lowest BCUT2D eigenvalue weighted by atomic mass is 9.94. The van der Waals surface area contributed by atoms with Crippen molar-refractivity contribution in [3.05, 3.63) is 56.1 Å². The van der Waals surface area contributed by atoms with Crippen LogP contribution in [0, 0.1) is 6.92 Å². The summed E-state index contributed by atoms with van der Waals surface area (Å²) in [6.07, 6.45) is 0.339. The number of amides is 1. The third kappa shape index (κ3) is 4.14. The van der Waals surface area contributed by atoms with Gasteiger partial charge in [0.25, 0.3) is 5.91 Å². The van der Waals surface area contributed by atoms with Gasteiger partial charge in [-0.1, -0.05) is 35.6 Å². The van der Waals surface area contributed by atoms with Crippen LogP contribution in [0.2, 0.25) is 0 Å². The van der Waals surface area contributed by atoms with E-state index in [0.29, 0.717) is 12.1 Å². The van der Waals surface area contributed by atoms with Gasteiger partial charge in [-0.25, -0.2) is 4.79 Å². The average Bonchev–Trinajstić information content (AvgIpc) is 3.02. The quantitative estimate of drug-likeness (QED) is 0.687. The highest BCUT2D eigenvalue weighted by Crippen LogP contribution is 2.24. The lowest BCUT2D eigenvalue weighted by molar-refractivity contribution is -0.159. The number of hydrogen-bond donors (Lipinski definition) is 0. The minimum atomic E-state index is -0.771. The van der Waals surface area contributed by atoms with Crippen LogP contribution >= 0.6 is 11.3 Å². The largest absolute Gasteiger partial charge is 0.467 e. The highest BCUT2D eigenvalue weighted by molar-refractivity contribution is 7.07. The number of carbonyl (C=O) groups excluding carboxylic acids is 3. The van der Waals surface area contributed by atoms with Gasteiger partial charge in [-0.3, -0.25) is 19.0 Å². The van der Waals surface area contributed by atoms with Crippen LogP contribution in [-0.4, -0.2) is 47.1 Å². The lowest BCUT2D eigenvalue weighted by Crippen LogP contribution is -2.50. The molecule has 1 aliphatic heterocycles. The van der Waals surface area contributed by atoms with Crippen molar-refractivity contribution in [3.8, 4) is 0 Å². The van der Waals surface area contributed by atoms with Crippen molar-refractivity contribution in [2.45, 2.75) is 32.5 Å². The Morgan fingerprint density at radius 1 is 1.21 bits per heavy atom. The molecule has 0 N–H and O–H groups in total. The van der Waals surface area contributed by atoms with E-state index >= 15 is 0 Å². The number of methoxy groups -OCH3 is 1. The van der Waals surface area contributed by atoms with Crippen LogP contribution in [0.25, 0.3) is 0 Å². The number of hydrogen-bond acceptors (Lipinski definition) is 7. The summed E-state index contributed by atoms with van der Waals surface area (Å²) in [5.74, 6) is -1.70. The van der Waals surface area contributed by atoms with Crippen LogP contribution in [0.5, 0.6) is 0 Å². The van der Waals surface area contributed by atoms with Gasteiger partial charge in [-0.15, -0.1) is 0 Å². The molecule has 28 heavy (non-hydrogen) atoms. The number of aromatic nitrogens is 1. The third-order valence-electron chi connectivity index (χ3n) is 4.66. The Morgan fingerprint density at radius 3 is 2.57 bits per heavy atom. The maximum atomic E-state index is 12.7. The topological polar surface area (TPSA) is 94.9 Å². The third-order valence-corrected chi connectivity index (χ3v) is 5.54. The summed E-state index contributed by atoms with van der Waals surface area (Å²) < 4.78 is 11.2. The lowest BCUT2D eigenvalue weighted by Gasteiger charge is -2.35. The number of benzene rings is 1. The molecule has 0 saturated heterocycles. The van der Waals surface area contributed by atoms with Gasteiger partial charge in [-0.05, 0) is 18.1 Å². The molecule has 0 bridgehead atoms. The number of fused-ring (bicyclic) bond motifs is 1. The molecule has 0 spiro atoms.